The molecule has 3 aromatic rings. The number of hydrogen-bond acceptors (Lipinski definition) is 5. The minimum atomic E-state index is -0.220. The lowest BCUT2D eigenvalue weighted by molar-refractivity contribution is 0.260. The summed E-state index contributed by atoms with van der Waals surface area (Å²) in [4.78, 5) is 10.6. The molecular weight excluding hydrogens is 516 g/mol. The number of nitrogens with zero attached hydrogens (tertiary/aromatic N) is 2. The fourth-order valence-electron chi connectivity index (χ4n) is 6.85. The molecule has 3 heterocycles. The maximum atomic E-state index is 6.74. The number of rotatable bonds is 4. The summed E-state index contributed by atoms with van der Waals surface area (Å²) in [5.41, 5.74) is 18.0. The molecule has 3 aliphatic carbocycles. The fourth-order valence-corrected chi connectivity index (χ4v) is 6.85. The molecule has 4 atom stereocenters. The van der Waals surface area contributed by atoms with Gasteiger partial charge < -0.3 is 15.8 Å². The average molecular weight is 551 g/mol. The van der Waals surface area contributed by atoms with Crippen LogP contribution in [0.1, 0.15) is 72.5 Å². The SMILES string of the molecule is NC1CC=C(c2ccc3c(n2)C2N=C(C4=CC=CCC4)CCC2C=C3)C=C1c1cccc2c1NC(c1ccccc1)O2. The van der Waals surface area contributed by atoms with Gasteiger partial charge in [-0.25, -0.2) is 4.98 Å². The van der Waals surface area contributed by atoms with E-state index in [-0.39, 0.29) is 18.3 Å². The summed E-state index contributed by atoms with van der Waals surface area (Å²) in [5.74, 6) is 1.25. The average Bonchev–Trinajstić information content (AvgIpc) is 3.50. The van der Waals surface area contributed by atoms with Crippen LogP contribution in [0.3, 0.4) is 0 Å². The summed E-state index contributed by atoms with van der Waals surface area (Å²) < 4.78 is 6.30. The van der Waals surface area contributed by atoms with Gasteiger partial charge in [-0.05, 0) is 72.6 Å². The van der Waals surface area contributed by atoms with Gasteiger partial charge in [-0.1, -0.05) is 85.0 Å². The van der Waals surface area contributed by atoms with E-state index in [1.807, 2.05) is 24.3 Å². The third kappa shape index (κ3) is 4.45. The van der Waals surface area contributed by atoms with E-state index in [1.54, 1.807) is 0 Å². The second-order valence-corrected chi connectivity index (χ2v) is 11.7. The van der Waals surface area contributed by atoms with Crippen molar-refractivity contribution in [2.24, 2.45) is 16.6 Å². The number of nitrogens with one attached hydrogen (secondary N) is 1. The number of hydrogen-bond donors (Lipinski definition) is 2. The van der Waals surface area contributed by atoms with Crippen molar-refractivity contribution in [3.63, 3.8) is 0 Å². The zero-order chi connectivity index (χ0) is 28.0. The molecule has 5 nitrogen and oxygen atoms in total. The predicted molar refractivity (Wildman–Crippen MR) is 171 cm³/mol. The Hall–Kier alpha value is -4.48. The maximum Gasteiger partial charge on any atom is 0.196 e. The van der Waals surface area contributed by atoms with Crippen LogP contribution in [-0.2, 0) is 0 Å². The zero-order valence-corrected chi connectivity index (χ0v) is 23.5. The molecule has 42 heavy (non-hydrogen) atoms. The Morgan fingerprint density at radius 1 is 0.976 bits per heavy atom. The number of anilines is 1. The number of pyridine rings is 1. The Morgan fingerprint density at radius 3 is 2.79 bits per heavy atom. The maximum absolute atomic E-state index is 6.74. The van der Waals surface area contributed by atoms with E-state index in [0.29, 0.717) is 5.92 Å². The van der Waals surface area contributed by atoms with Gasteiger partial charge in [0.1, 0.15) is 5.75 Å². The molecule has 2 aromatic carbocycles. The molecule has 3 N–H and O–H groups in total. The van der Waals surface area contributed by atoms with Crippen molar-refractivity contribution in [2.75, 3.05) is 5.32 Å². The van der Waals surface area contributed by atoms with Gasteiger partial charge in [0, 0.05) is 28.8 Å². The molecular formula is C37H34N4O. The molecule has 0 fully saturated rings. The summed E-state index contributed by atoms with van der Waals surface area (Å²) >= 11 is 0. The highest BCUT2D eigenvalue weighted by molar-refractivity contribution is 6.01. The second kappa shape index (κ2) is 10.4. The molecule has 0 saturated carbocycles. The normalized spacial score (nSPS) is 25.5. The Balaban J connectivity index is 1.13. The number of ether oxygens (including phenoxy) is 1. The first-order valence-electron chi connectivity index (χ1n) is 15.1. The smallest absolute Gasteiger partial charge is 0.196 e. The monoisotopic (exact) mass is 550 g/mol. The highest BCUT2D eigenvalue weighted by Gasteiger charge is 2.33. The standard InChI is InChI=1S/C37H34N4O/c38-30-19-16-27(22-29(30)28-12-7-13-33-36(28)41-37(42-33)26-10-5-2-6-11-26)32-21-18-25-15-14-24-17-20-31(23-8-3-1-4-9-23)39-34(24)35(25)40-32/h1-3,5-8,10-16,18,21-22,24,30,34,37,41H,4,9,17,19-20,38H2. The van der Waals surface area contributed by atoms with Crippen LogP contribution < -0.4 is 15.8 Å². The first kappa shape index (κ1) is 25.2. The van der Waals surface area contributed by atoms with Crippen molar-refractivity contribution in [1.82, 2.24) is 4.98 Å². The highest BCUT2D eigenvalue weighted by atomic mass is 16.5. The number of para-hydroxylation sites is 1. The third-order valence-corrected chi connectivity index (χ3v) is 9.12. The molecule has 0 saturated heterocycles. The largest absolute Gasteiger partial charge is 0.464 e. The molecule has 5 heteroatoms. The molecule has 5 aliphatic rings. The molecule has 0 amide bonds. The summed E-state index contributed by atoms with van der Waals surface area (Å²) in [5, 5.41) is 3.61. The lowest BCUT2D eigenvalue weighted by Gasteiger charge is -2.32. The molecule has 1 aromatic heterocycles. The Bertz CT molecular complexity index is 1740. The van der Waals surface area contributed by atoms with E-state index >= 15 is 0 Å². The number of allylic oxidation sites excluding steroid dienone is 6. The van der Waals surface area contributed by atoms with Crippen LogP contribution in [0.2, 0.25) is 0 Å². The van der Waals surface area contributed by atoms with Gasteiger partial charge in [0.25, 0.3) is 0 Å². The van der Waals surface area contributed by atoms with E-state index in [4.69, 9.17) is 20.4 Å². The summed E-state index contributed by atoms with van der Waals surface area (Å²) in [6, 6.07) is 20.8. The van der Waals surface area contributed by atoms with Gasteiger partial charge in [0.05, 0.1) is 23.1 Å². The Morgan fingerprint density at radius 2 is 1.90 bits per heavy atom. The minimum absolute atomic E-state index is 0.0732. The first-order valence-corrected chi connectivity index (χ1v) is 15.1. The fraction of sp³-hybridized carbons (Fsp3) is 0.243. The van der Waals surface area contributed by atoms with Crippen LogP contribution in [0, 0.1) is 5.92 Å². The molecule has 208 valence electrons. The van der Waals surface area contributed by atoms with Crippen LogP contribution >= 0.6 is 0 Å². The summed E-state index contributed by atoms with van der Waals surface area (Å²) in [6.45, 7) is 0. The van der Waals surface area contributed by atoms with Crippen LogP contribution in [0.15, 0.2) is 108 Å². The van der Waals surface area contributed by atoms with Crippen molar-refractivity contribution >= 4 is 28.6 Å². The van der Waals surface area contributed by atoms with E-state index in [1.165, 1.54) is 16.8 Å². The van der Waals surface area contributed by atoms with Gasteiger partial charge >= 0.3 is 0 Å². The van der Waals surface area contributed by atoms with Crippen LogP contribution in [0.25, 0.3) is 17.2 Å². The first-order chi connectivity index (χ1) is 20.7. The molecule has 0 bridgehead atoms. The van der Waals surface area contributed by atoms with Gasteiger partial charge in [0.15, 0.2) is 6.23 Å². The van der Waals surface area contributed by atoms with Crippen molar-refractivity contribution in [1.29, 1.82) is 0 Å². The van der Waals surface area contributed by atoms with Crippen LogP contribution in [0.4, 0.5) is 5.69 Å². The summed E-state index contributed by atoms with van der Waals surface area (Å²) in [6.07, 6.45) is 20.6. The van der Waals surface area contributed by atoms with E-state index < -0.39 is 0 Å². The number of aromatic nitrogens is 1. The third-order valence-electron chi connectivity index (χ3n) is 9.12. The highest BCUT2D eigenvalue weighted by Crippen LogP contribution is 2.45. The predicted octanol–water partition coefficient (Wildman–Crippen LogP) is 7.98. The number of nitrogens with two attached hydrogens (primary N) is 1. The number of aliphatic imine (C=N–C) groups is 1. The van der Waals surface area contributed by atoms with Gasteiger partial charge in [-0.3, -0.25) is 4.99 Å². The molecule has 0 radical (unpaired) electrons. The zero-order valence-electron chi connectivity index (χ0n) is 23.5. The van der Waals surface area contributed by atoms with Gasteiger partial charge in [-0.2, -0.15) is 0 Å². The topological polar surface area (TPSA) is 72.5 Å². The van der Waals surface area contributed by atoms with Gasteiger partial charge in [0.2, 0.25) is 0 Å². The lowest BCUT2D eigenvalue weighted by Crippen LogP contribution is -2.25. The Labute approximate surface area is 246 Å². The second-order valence-electron chi connectivity index (χ2n) is 11.7. The van der Waals surface area contributed by atoms with Crippen molar-refractivity contribution in [3.8, 4) is 5.75 Å². The number of fused-ring (bicyclic) bond motifs is 4. The molecule has 2 aliphatic heterocycles. The molecule has 8 rings (SSSR count). The van der Waals surface area contributed by atoms with Gasteiger partial charge in [-0.15, -0.1) is 0 Å². The van der Waals surface area contributed by atoms with E-state index in [2.05, 4.69) is 84.2 Å². The lowest BCUT2D eigenvalue weighted by atomic mass is 9.80. The van der Waals surface area contributed by atoms with Crippen molar-refractivity contribution in [3.05, 3.63) is 131 Å². The summed E-state index contributed by atoms with van der Waals surface area (Å²) in [7, 11) is 0. The van der Waals surface area contributed by atoms with Crippen LogP contribution in [-0.4, -0.2) is 16.7 Å². The van der Waals surface area contributed by atoms with Crippen molar-refractivity contribution in [2.45, 2.75) is 50.4 Å². The minimum Gasteiger partial charge on any atom is -0.464 e. The number of benzene rings is 2. The molecule has 4 unspecified atom stereocenters. The Kier molecular flexibility index (Phi) is 6.26. The molecule has 0 spiro atoms. The van der Waals surface area contributed by atoms with E-state index in [9.17, 15) is 0 Å². The van der Waals surface area contributed by atoms with E-state index in [0.717, 1.165) is 77.2 Å². The van der Waals surface area contributed by atoms with Crippen molar-refractivity contribution < 1.29 is 4.74 Å². The quantitative estimate of drug-likeness (QED) is 0.345. The van der Waals surface area contributed by atoms with Crippen LogP contribution in [0.5, 0.6) is 5.75 Å².